The highest BCUT2D eigenvalue weighted by Gasteiger charge is 1.99. The highest BCUT2D eigenvalue weighted by Crippen LogP contribution is 2.14. The summed E-state index contributed by atoms with van der Waals surface area (Å²) in [6.07, 6.45) is 0. The van der Waals surface area contributed by atoms with Crippen molar-refractivity contribution in [3.05, 3.63) is 24.3 Å². The second kappa shape index (κ2) is 6.18. The van der Waals surface area contributed by atoms with Gasteiger partial charge in [-0.3, -0.25) is 4.79 Å². The van der Waals surface area contributed by atoms with Gasteiger partial charge in [-0.05, 0) is 24.3 Å². The minimum absolute atomic E-state index is 0.565. The van der Waals surface area contributed by atoms with Crippen molar-refractivity contribution in [1.29, 1.82) is 0 Å². The molecule has 1 amide bonds. The quantitative estimate of drug-likeness (QED) is 0.466. The van der Waals surface area contributed by atoms with E-state index in [1.165, 1.54) is 7.11 Å². The van der Waals surface area contributed by atoms with Crippen LogP contribution in [-0.4, -0.2) is 26.1 Å². The van der Waals surface area contributed by atoms with Gasteiger partial charge < -0.3 is 14.8 Å². The lowest BCUT2D eigenvalue weighted by Gasteiger charge is -2.02. The summed E-state index contributed by atoms with van der Waals surface area (Å²) >= 11 is 0. The molecule has 1 rings (SSSR count). The minimum Gasteiger partial charge on any atom is -0.497 e. The van der Waals surface area contributed by atoms with Gasteiger partial charge in [-0.2, -0.15) is 0 Å². The van der Waals surface area contributed by atoms with Crippen LogP contribution in [-0.2, 0) is 14.3 Å². The number of esters is 1. The highest BCUT2D eigenvalue weighted by molar-refractivity contribution is 6.07. The molecule has 5 heteroatoms. The lowest BCUT2D eigenvalue weighted by atomic mass is 10.3. The summed E-state index contributed by atoms with van der Waals surface area (Å²) in [4.78, 5) is 21.9. The largest absolute Gasteiger partial charge is 0.497 e. The van der Waals surface area contributed by atoms with Crippen molar-refractivity contribution in [2.75, 3.05) is 19.5 Å². The Kier molecular flexibility index (Phi) is 4.58. The number of rotatable bonds is 2. The number of carbonyl (C=O) groups excluding carboxylic acids is 2. The van der Waals surface area contributed by atoms with Gasteiger partial charge in [-0.25, -0.2) is 4.79 Å². The fraction of sp³-hybridized carbons (Fsp3) is 0.167. The summed E-state index contributed by atoms with van der Waals surface area (Å²) in [5.74, 6) is 3.48. The molecule has 0 fully saturated rings. The van der Waals surface area contributed by atoms with E-state index in [4.69, 9.17) is 4.74 Å². The maximum absolute atomic E-state index is 11.3. The van der Waals surface area contributed by atoms with Crippen LogP contribution < -0.4 is 10.1 Å². The summed E-state index contributed by atoms with van der Waals surface area (Å²) < 4.78 is 9.24. The molecule has 0 aromatic heterocycles. The van der Waals surface area contributed by atoms with E-state index in [9.17, 15) is 9.59 Å². The second-order valence-electron chi connectivity index (χ2n) is 2.92. The average Bonchev–Trinajstić information content (AvgIpc) is 2.36. The first-order valence-corrected chi connectivity index (χ1v) is 4.70. The van der Waals surface area contributed by atoms with Crippen LogP contribution in [0.4, 0.5) is 5.69 Å². The van der Waals surface area contributed by atoms with Gasteiger partial charge in [0.15, 0.2) is 0 Å². The van der Waals surface area contributed by atoms with E-state index in [0.717, 1.165) is 0 Å². The molecule has 0 heterocycles. The van der Waals surface area contributed by atoms with Crippen LogP contribution in [0.3, 0.4) is 0 Å². The van der Waals surface area contributed by atoms with Gasteiger partial charge in [-0.1, -0.05) is 0 Å². The minimum atomic E-state index is -0.755. The van der Waals surface area contributed by atoms with Gasteiger partial charge in [-0.15, -0.1) is 0 Å². The molecule has 1 aromatic carbocycles. The molecule has 0 bridgehead atoms. The highest BCUT2D eigenvalue weighted by atomic mass is 16.5. The van der Waals surface area contributed by atoms with Crippen LogP contribution in [0.1, 0.15) is 0 Å². The third kappa shape index (κ3) is 4.26. The number of methoxy groups -OCH3 is 2. The number of anilines is 1. The molecule has 0 aliphatic heterocycles. The van der Waals surface area contributed by atoms with Crippen LogP contribution in [0, 0.1) is 11.8 Å². The number of hydrogen-bond acceptors (Lipinski definition) is 4. The first kappa shape index (κ1) is 12.6. The van der Waals surface area contributed by atoms with E-state index in [1.807, 2.05) is 5.92 Å². The van der Waals surface area contributed by atoms with E-state index >= 15 is 0 Å². The zero-order valence-corrected chi connectivity index (χ0v) is 9.44. The summed E-state index contributed by atoms with van der Waals surface area (Å²) in [7, 11) is 2.74. The van der Waals surface area contributed by atoms with Crippen molar-refractivity contribution < 1.29 is 19.1 Å². The van der Waals surface area contributed by atoms with Crippen molar-refractivity contribution in [1.82, 2.24) is 0 Å². The predicted octanol–water partition coefficient (Wildman–Crippen LogP) is 0.810. The molecule has 0 spiro atoms. The number of ether oxygens (including phenoxy) is 2. The number of hydrogen-bond donors (Lipinski definition) is 1. The normalized spacial score (nSPS) is 8.59. The lowest BCUT2D eigenvalue weighted by Crippen LogP contribution is -2.09. The molecule has 17 heavy (non-hydrogen) atoms. The second-order valence-corrected chi connectivity index (χ2v) is 2.92. The number of benzene rings is 1. The van der Waals surface area contributed by atoms with Crippen molar-refractivity contribution in [3.63, 3.8) is 0 Å². The number of carbonyl (C=O) groups is 2. The Morgan fingerprint density at radius 2 is 1.76 bits per heavy atom. The van der Waals surface area contributed by atoms with Crippen molar-refractivity contribution in [2.45, 2.75) is 0 Å². The number of amides is 1. The Morgan fingerprint density at radius 3 is 2.29 bits per heavy atom. The van der Waals surface area contributed by atoms with Crippen molar-refractivity contribution in [2.24, 2.45) is 0 Å². The summed E-state index contributed by atoms with van der Waals surface area (Å²) in [5, 5.41) is 2.50. The molecule has 0 saturated heterocycles. The molecule has 0 aliphatic carbocycles. The van der Waals surface area contributed by atoms with Gasteiger partial charge in [0.2, 0.25) is 0 Å². The monoisotopic (exact) mass is 233 g/mol. The average molecular weight is 233 g/mol. The van der Waals surface area contributed by atoms with E-state index in [0.29, 0.717) is 11.4 Å². The van der Waals surface area contributed by atoms with Gasteiger partial charge in [0.05, 0.1) is 14.2 Å². The lowest BCUT2D eigenvalue weighted by molar-refractivity contribution is -0.133. The fourth-order valence-electron chi connectivity index (χ4n) is 0.996. The summed E-state index contributed by atoms with van der Waals surface area (Å²) in [5.41, 5.74) is 0.565. The Morgan fingerprint density at radius 1 is 1.12 bits per heavy atom. The van der Waals surface area contributed by atoms with Crippen LogP contribution in [0.2, 0.25) is 0 Å². The molecule has 88 valence electrons. The molecular formula is C12H11NO4. The molecular weight excluding hydrogens is 222 g/mol. The number of nitrogens with one attached hydrogen (secondary N) is 1. The maximum atomic E-state index is 11.3. The van der Waals surface area contributed by atoms with E-state index in [2.05, 4.69) is 16.0 Å². The molecule has 0 radical (unpaired) electrons. The third-order valence-electron chi connectivity index (χ3n) is 1.81. The van der Waals surface area contributed by atoms with Gasteiger partial charge in [0.25, 0.3) is 0 Å². The molecule has 0 aliphatic rings. The molecule has 1 aromatic rings. The molecule has 5 nitrogen and oxygen atoms in total. The van der Waals surface area contributed by atoms with Crippen molar-refractivity contribution >= 4 is 17.6 Å². The molecule has 0 atom stereocenters. The predicted molar refractivity (Wildman–Crippen MR) is 61.4 cm³/mol. The van der Waals surface area contributed by atoms with E-state index in [-0.39, 0.29) is 0 Å². The molecule has 1 N–H and O–H groups in total. The zero-order chi connectivity index (χ0) is 12.7. The van der Waals surface area contributed by atoms with Crippen molar-refractivity contribution in [3.8, 4) is 17.6 Å². The Bertz CT molecular complexity index is 468. The first-order valence-electron chi connectivity index (χ1n) is 4.70. The summed E-state index contributed by atoms with van der Waals surface area (Å²) in [6.45, 7) is 0. The first-order chi connectivity index (χ1) is 8.15. The fourth-order valence-corrected chi connectivity index (χ4v) is 0.996. The van der Waals surface area contributed by atoms with E-state index in [1.54, 1.807) is 31.4 Å². The van der Waals surface area contributed by atoms with Crippen LogP contribution in [0.25, 0.3) is 0 Å². The van der Waals surface area contributed by atoms with Gasteiger partial charge >= 0.3 is 11.9 Å². The van der Waals surface area contributed by atoms with E-state index < -0.39 is 11.9 Å². The zero-order valence-electron chi connectivity index (χ0n) is 9.44. The Hall–Kier alpha value is -2.48. The Balaban J connectivity index is 2.61. The van der Waals surface area contributed by atoms with Gasteiger partial charge in [0.1, 0.15) is 5.75 Å². The molecule has 0 unspecified atom stereocenters. The van der Waals surface area contributed by atoms with Gasteiger partial charge in [0, 0.05) is 17.5 Å². The third-order valence-corrected chi connectivity index (χ3v) is 1.81. The standard InChI is InChI=1S/C12H11NO4/c1-16-10-5-3-9(4-6-10)13-11(14)7-8-12(15)17-2/h3-6H,1-2H3,(H,13,14). The van der Waals surface area contributed by atoms with Crippen LogP contribution in [0.5, 0.6) is 5.75 Å². The topological polar surface area (TPSA) is 64.6 Å². The SMILES string of the molecule is COC(=O)C#CC(=O)Nc1ccc(OC)cc1. The molecule has 0 saturated carbocycles. The summed E-state index contributed by atoms with van der Waals surface area (Å²) in [6, 6.07) is 6.72. The van der Waals surface area contributed by atoms with Crippen LogP contribution in [0.15, 0.2) is 24.3 Å². The Labute approximate surface area is 98.7 Å². The smallest absolute Gasteiger partial charge is 0.384 e. The maximum Gasteiger partial charge on any atom is 0.384 e. The van der Waals surface area contributed by atoms with Crippen LogP contribution >= 0.6 is 0 Å².